The fraction of sp³-hybridized carbons (Fsp3) is 0.292. The summed E-state index contributed by atoms with van der Waals surface area (Å²) in [6, 6.07) is 11.2. The van der Waals surface area contributed by atoms with Gasteiger partial charge in [-0.1, -0.05) is 29.8 Å². The first-order valence-electron chi connectivity index (χ1n) is 10.6. The van der Waals surface area contributed by atoms with Gasteiger partial charge in [0.1, 0.15) is 13.2 Å². The molecule has 0 bridgehead atoms. The zero-order valence-electron chi connectivity index (χ0n) is 18.7. The van der Waals surface area contributed by atoms with E-state index in [1.165, 1.54) is 4.90 Å². The molecule has 2 aromatic rings. The summed E-state index contributed by atoms with van der Waals surface area (Å²) >= 11 is 5.95. The second kappa shape index (κ2) is 10.0. The summed E-state index contributed by atoms with van der Waals surface area (Å²) in [5.74, 6) is 0.359. The Kier molecular flexibility index (Phi) is 6.93. The van der Waals surface area contributed by atoms with E-state index in [4.69, 9.17) is 25.8 Å². The molecule has 2 aliphatic heterocycles. The molecule has 0 saturated carbocycles. The van der Waals surface area contributed by atoms with Crippen LogP contribution in [0.15, 0.2) is 53.7 Å². The van der Waals surface area contributed by atoms with Crippen LogP contribution in [0.5, 0.6) is 11.5 Å². The summed E-state index contributed by atoms with van der Waals surface area (Å²) in [5, 5.41) is 6.15. The molecule has 2 N–H and O–H groups in total. The fourth-order valence-electron chi connectivity index (χ4n) is 3.97. The van der Waals surface area contributed by atoms with Gasteiger partial charge in [-0.3, -0.25) is 9.69 Å². The van der Waals surface area contributed by atoms with Crippen LogP contribution in [0.25, 0.3) is 0 Å². The molecule has 10 heteroatoms. The normalized spacial score (nSPS) is 17.1. The average molecular weight is 486 g/mol. The van der Waals surface area contributed by atoms with Crippen LogP contribution in [0.3, 0.4) is 0 Å². The van der Waals surface area contributed by atoms with Gasteiger partial charge in [0.05, 0.1) is 31.5 Å². The van der Waals surface area contributed by atoms with Gasteiger partial charge in [-0.05, 0) is 41.8 Å². The molecule has 0 radical (unpaired) electrons. The zero-order valence-corrected chi connectivity index (χ0v) is 19.5. The number of hydrogen-bond donors (Lipinski definition) is 2. The van der Waals surface area contributed by atoms with Gasteiger partial charge in [-0.25, -0.2) is 9.59 Å². The number of ether oxygens (including phenoxy) is 3. The third kappa shape index (κ3) is 4.79. The van der Waals surface area contributed by atoms with E-state index in [1.807, 2.05) is 12.1 Å². The van der Waals surface area contributed by atoms with Crippen LogP contribution in [-0.4, -0.2) is 56.7 Å². The number of rotatable bonds is 8. The fourth-order valence-corrected chi connectivity index (χ4v) is 4.09. The summed E-state index contributed by atoms with van der Waals surface area (Å²) in [6.45, 7) is 0.0592. The van der Waals surface area contributed by atoms with Crippen molar-refractivity contribution in [2.75, 3.05) is 33.9 Å². The number of hydrogen-bond acceptors (Lipinski definition) is 6. The lowest BCUT2D eigenvalue weighted by molar-refractivity contribution is -0.136. The molecule has 0 aliphatic carbocycles. The highest BCUT2D eigenvalue weighted by atomic mass is 35.5. The molecule has 1 atom stereocenters. The third-order valence-corrected chi connectivity index (χ3v) is 5.94. The number of benzene rings is 2. The number of nitrogens with one attached hydrogen (secondary N) is 2. The van der Waals surface area contributed by atoms with Crippen LogP contribution < -0.4 is 20.1 Å². The predicted molar refractivity (Wildman–Crippen MR) is 124 cm³/mol. The smallest absolute Gasteiger partial charge is 0.338 e. The third-order valence-electron chi connectivity index (χ3n) is 5.69. The molecule has 1 unspecified atom stereocenters. The molecule has 0 fully saturated rings. The van der Waals surface area contributed by atoms with Crippen LogP contribution in [0.2, 0.25) is 5.02 Å². The van der Waals surface area contributed by atoms with Crippen molar-refractivity contribution in [2.24, 2.45) is 0 Å². The van der Waals surface area contributed by atoms with Crippen LogP contribution in [0.4, 0.5) is 4.79 Å². The largest absolute Gasteiger partial charge is 0.493 e. The molecule has 4 rings (SSSR count). The second-order valence-corrected chi connectivity index (χ2v) is 8.18. The maximum atomic E-state index is 12.8. The van der Waals surface area contributed by atoms with Gasteiger partial charge in [-0.2, -0.15) is 0 Å². The highest BCUT2D eigenvalue weighted by molar-refractivity contribution is 6.30. The van der Waals surface area contributed by atoms with Crippen molar-refractivity contribution in [3.05, 3.63) is 69.9 Å². The lowest BCUT2D eigenvalue weighted by atomic mass is 9.96. The Hall–Kier alpha value is -3.72. The molecular weight excluding hydrogens is 462 g/mol. The van der Waals surface area contributed by atoms with Gasteiger partial charge >= 0.3 is 12.0 Å². The van der Waals surface area contributed by atoms with Crippen molar-refractivity contribution in [1.29, 1.82) is 0 Å². The first-order chi connectivity index (χ1) is 16.4. The van der Waals surface area contributed by atoms with Crippen molar-refractivity contribution < 1.29 is 28.6 Å². The zero-order chi connectivity index (χ0) is 24.2. The highest BCUT2D eigenvalue weighted by Gasteiger charge is 2.42. The number of cyclic esters (lactones) is 1. The van der Waals surface area contributed by atoms with Crippen molar-refractivity contribution in [3.63, 3.8) is 0 Å². The van der Waals surface area contributed by atoms with Gasteiger partial charge in [0.25, 0.3) is 0 Å². The molecule has 178 valence electrons. The van der Waals surface area contributed by atoms with Crippen molar-refractivity contribution >= 4 is 29.5 Å². The Labute approximate surface area is 201 Å². The van der Waals surface area contributed by atoms with Crippen LogP contribution in [0, 0.1) is 0 Å². The topological polar surface area (TPSA) is 106 Å². The number of esters is 1. The monoisotopic (exact) mass is 485 g/mol. The van der Waals surface area contributed by atoms with E-state index in [0.29, 0.717) is 46.3 Å². The highest BCUT2D eigenvalue weighted by Crippen LogP contribution is 2.35. The Morgan fingerprint density at radius 1 is 1.15 bits per heavy atom. The minimum atomic E-state index is -0.667. The lowest BCUT2D eigenvalue weighted by Gasteiger charge is -2.32. The molecule has 2 aromatic carbocycles. The van der Waals surface area contributed by atoms with Gasteiger partial charge in [0, 0.05) is 11.6 Å². The van der Waals surface area contributed by atoms with E-state index in [-0.39, 0.29) is 19.1 Å². The van der Waals surface area contributed by atoms with Crippen LogP contribution >= 0.6 is 11.6 Å². The number of carbonyl (C=O) groups excluding carboxylic acids is 3. The molecule has 2 aliphatic rings. The molecule has 2 heterocycles. The van der Waals surface area contributed by atoms with Gasteiger partial charge < -0.3 is 24.8 Å². The first kappa shape index (κ1) is 23.4. The quantitative estimate of drug-likeness (QED) is 0.557. The maximum absolute atomic E-state index is 12.8. The van der Waals surface area contributed by atoms with Crippen molar-refractivity contribution in [2.45, 2.75) is 12.5 Å². The van der Waals surface area contributed by atoms with Gasteiger partial charge in [0.2, 0.25) is 5.91 Å². The molecular formula is C24H24ClN3O6. The number of amides is 3. The summed E-state index contributed by atoms with van der Waals surface area (Å²) in [4.78, 5) is 39.1. The van der Waals surface area contributed by atoms with E-state index in [0.717, 1.165) is 5.56 Å². The van der Waals surface area contributed by atoms with Crippen molar-refractivity contribution in [3.8, 4) is 11.5 Å². The predicted octanol–water partition coefficient (Wildman–Crippen LogP) is 2.59. The van der Waals surface area contributed by atoms with Crippen LogP contribution in [-0.2, 0) is 20.7 Å². The van der Waals surface area contributed by atoms with E-state index >= 15 is 0 Å². The van der Waals surface area contributed by atoms with E-state index < -0.39 is 18.0 Å². The summed E-state index contributed by atoms with van der Waals surface area (Å²) < 4.78 is 15.7. The van der Waals surface area contributed by atoms with Gasteiger partial charge in [0.15, 0.2) is 11.5 Å². The minimum absolute atomic E-state index is 0.0649. The Bertz CT molecular complexity index is 1150. The first-order valence-corrected chi connectivity index (χ1v) is 11.0. The number of halogens is 1. The molecule has 0 spiro atoms. The number of methoxy groups -OCH3 is 2. The Morgan fingerprint density at radius 2 is 1.88 bits per heavy atom. The van der Waals surface area contributed by atoms with Crippen LogP contribution in [0.1, 0.15) is 17.2 Å². The summed E-state index contributed by atoms with van der Waals surface area (Å²) in [7, 11) is 3.13. The number of nitrogens with zero attached hydrogens (tertiary/aromatic N) is 1. The minimum Gasteiger partial charge on any atom is -0.493 e. The van der Waals surface area contributed by atoms with E-state index in [9.17, 15) is 14.4 Å². The maximum Gasteiger partial charge on any atom is 0.338 e. The van der Waals surface area contributed by atoms with E-state index in [2.05, 4.69) is 10.6 Å². The van der Waals surface area contributed by atoms with Crippen molar-refractivity contribution in [1.82, 2.24) is 15.5 Å². The Morgan fingerprint density at radius 3 is 2.59 bits per heavy atom. The second-order valence-electron chi connectivity index (χ2n) is 7.75. The van der Waals surface area contributed by atoms with Gasteiger partial charge in [-0.15, -0.1) is 0 Å². The number of urea groups is 1. The summed E-state index contributed by atoms with van der Waals surface area (Å²) in [6.07, 6.45) is 0.562. The van der Waals surface area contributed by atoms with E-state index in [1.54, 1.807) is 44.6 Å². The molecule has 9 nitrogen and oxygen atoms in total. The Balaban J connectivity index is 1.42. The molecule has 0 saturated heterocycles. The SMILES string of the molecule is COc1ccc(CCNC(=O)CN2C(=O)NC(c3ccc(Cl)cc3)C3=C2COC3=O)cc1OC. The molecule has 34 heavy (non-hydrogen) atoms. The summed E-state index contributed by atoms with van der Waals surface area (Å²) in [5.41, 5.74) is 2.37. The number of carbonyl (C=O) groups is 3. The lowest BCUT2D eigenvalue weighted by Crippen LogP contribution is -2.50. The molecule has 0 aromatic heterocycles. The average Bonchev–Trinajstić information content (AvgIpc) is 3.22. The standard InChI is InChI=1S/C24H24ClN3O6/c1-32-18-8-3-14(11-19(18)33-2)9-10-26-20(29)12-28-17-13-34-23(30)21(17)22(27-24(28)31)15-4-6-16(25)7-5-15/h3-8,11,22H,9-10,12-13H2,1-2H3,(H,26,29)(H,27,31). The molecule has 3 amide bonds.